The van der Waals surface area contributed by atoms with Crippen molar-refractivity contribution in [3.8, 4) is 0 Å². The summed E-state index contributed by atoms with van der Waals surface area (Å²) in [5, 5.41) is 4.12. The van der Waals surface area contributed by atoms with Gasteiger partial charge >= 0.3 is 5.97 Å². The van der Waals surface area contributed by atoms with Crippen LogP contribution in [0.4, 0.5) is 0 Å². The summed E-state index contributed by atoms with van der Waals surface area (Å²) >= 11 is 0. The van der Waals surface area contributed by atoms with Crippen molar-refractivity contribution in [2.24, 2.45) is 0 Å². The van der Waals surface area contributed by atoms with Gasteiger partial charge in [0, 0.05) is 17.9 Å². The maximum Gasteiger partial charge on any atom is 0.328 e. The molecule has 1 saturated carbocycles. The van der Waals surface area contributed by atoms with Crippen molar-refractivity contribution in [3.63, 3.8) is 0 Å². The van der Waals surface area contributed by atoms with Crippen LogP contribution in [0, 0.1) is 0 Å². The molecule has 1 fully saturated rings. The minimum atomic E-state index is -3.70. The second-order valence-electron chi connectivity index (χ2n) is 8.06. The highest BCUT2D eigenvalue weighted by Crippen LogP contribution is 2.28. The minimum Gasteiger partial charge on any atom is -0.459 e. The number of aromatic nitrogens is 2. The number of ether oxygens (including phenoxy) is 1. The number of sulfonamides is 1. The van der Waals surface area contributed by atoms with Crippen molar-refractivity contribution in [2.75, 3.05) is 0 Å². The SMILES string of the molecule is CC(=O)c1nn(CC(=O)OC(C)(C)C)c2cc(C(=O)NS(=O)(=O)C3CC3)ccc12. The van der Waals surface area contributed by atoms with Gasteiger partial charge in [0.2, 0.25) is 10.0 Å². The van der Waals surface area contributed by atoms with Crippen LogP contribution in [-0.2, 0) is 26.1 Å². The van der Waals surface area contributed by atoms with Crippen LogP contribution in [0.1, 0.15) is 61.4 Å². The molecule has 0 aliphatic heterocycles. The van der Waals surface area contributed by atoms with E-state index in [2.05, 4.69) is 9.82 Å². The van der Waals surface area contributed by atoms with Crippen LogP contribution in [0.5, 0.6) is 0 Å². The highest BCUT2D eigenvalue weighted by Gasteiger charge is 2.37. The van der Waals surface area contributed by atoms with Gasteiger partial charge in [-0.1, -0.05) is 0 Å². The van der Waals surface area contributed by atoms with Gasteiger partial charge in [0.15, 0.2) is 5.78 Å². The van der Waals surface area contributed by atoms with E-state index in [-0.39, 0.29) is 23.6 Å². The summed E-state index contributed by atoms with van der Waals surface area (Å²) in [6.07, 6.45) is 1.07. The molecule has 1 aliphatic carbocycles. The average Bonchev–Trinajstić information content (AvgIpc) is 3.37. The van der Waals surface area contributed by atoms with Gasteiger partial charge in [-0.25, -0.2) is 13.1 Å². The molecule has 1 aliphatic rings. The molecule has 0 atom stereocenters. The predicted octanol–water partition coefficient (Wildman–Crippen LogP) is 1.80. The van der Waals surface area contributed by atoms with Crippen molar-refractivity contribution in [2.45, 2.75) is 57.9 Å². The fourth-order valence-electron chi connectivity index (χ4n) is 2.84. The largest absolute Gasteiger partial charge is 0.459 e. The molecule has 1 amide bonds. The number of esters is 1. The summed E-state index contributed by atoms with van der Waals surface area (Å²) < 4.78 is 32.7. The Morgan fingerprint density at radius 1 is 1.24 bits per heavy atom. The van der Waals surface area contributed by atoms with Crippen LogP contribution < -0.4 is 4.72 Å². The molecule has 10 heteroatoms. The van der Waals surface area contributed by atoms with Crippen LogP contribution in [0.2, 0.25) is 0 Å². The number of benzene rings is 1. The number of carbonyl (C=O) groups excluding carboxylic acids is 3. The van der Waals surface area contributed by atoms with Gasteiger partial charge in [-0.15, -0.1) is 0 Å². The van der Waals surface area contributed by atoms with E-state index in [1.165, 1.54) is 29.8 Å². The fourth-order valence-corrected chi connectivity index (χ4v) is 4.14. The number of ketones is 1. The number of Topliss-reactive ketones (excluding diaryl/α,β-unsaturated/α-hetero) is 1. The second-order valence-corrected chi connectivity index (χ2v) is 10.0. The Labute approximate surface area is 168 Å². The molecule has 0 saturated heterocycles. The molecule has 0 unspecified atom stereocenters. The zero-order chi connectivity index (χ0) is 21.6. The summed E-state index contributed by atoms with van der Waals surface area (Å²) in [4.78, 5) is 36.6. The van der Waals surface area contributed by atoms with Gasteiger partial charge in [0.25, 0.3) is 5.91 Å². The van der Waals surface area contributed by atoms with Gasteiger partial charge in [-0.2, -0.15) is 5.10 Å². The number of nitrogens with zero attached hydrogens (tertiary/aromatic N) is 2. The van der Waals surface area contributed by atoms with Crippen molar-refractivity contribution >= 4 is 38.6 Å². The van der Waals surface area contributed by atoms with Crippen LogP contribution in [0.15, 0.2) is 18.2 Å². The molecule has 3 rings (SSSR count). The lowest BCUT2D eigenvalue weighted by molar-refractivity contribution is -0.155. The molecule has 156 valence electrons. The molecular formula is C19H23N3O6S. The summed E-state index contributed by atoms with van der Waals surface area (Å²) in [7, 11) is -3.70. The second kappa shape index (κ2) is 7.25. The number of carbonyl (C=O) groups is 3. The first-order valence-electron chi connectivity index (χ1n) is 9.17. The summed E-state index contributed by atoms with van der Waals surface area (Å²) in [6, 6.07) is 4.35. The summed E-state index contributed by atoms with van der Waals surface area (Å²) in [5.41, 5.74) is -0.0909. The summed E-state index contributed by atoms with van der Waals surface area (Å²) in [6.45, 7) is 6.29. The van der Waals surface area contributed by atoms with E-state index in [0.717, 1.165) is 0 Å². The number of hydrogen-bond donors (Lipinski definition) is 1. The lowest BCUT2D eigenvalue weighted by Crippen LogP contribution is -2.33. The lowest BCUT2D eigenvalue weighted by atomic mass is 10.1. The molecule has 0 spiro atoms. The first-order chi connectivity index (χ1) is 13.4. The van der Waals surface area contributed by atoms with E-state index in [9.17, 15) is 22.8 Å². The molecule has 1 aromatic carbocycles. The van der Waals surface area contributed by atoms with Crippen LogP contribution in [0.25, 0.3) is 10.9 Å². The van der Waals surface area contributed by atoms with Gasteiger partial charge < -0.3 is 4.74 Å². The average molecular weight is 421 g/mol. The Kier molecular flexibility index (Phi) is 5.24. The first kappa shape index (κ1) is 21.0. The van der Waals surface area contributed by atoms with E-state index in [4.69, 9.17) is 4.74 Å². The van der Waals surface area contributed by atoms with Gasteiger partial charge in [-0.3, -0.25) is 19.1 Å². The third kappa shape index (κ3) is 4.81. The third-order valence-corrected chi connectivity index (χ3v) is 6.06. The maximum absolute atomic E-state index is 12.4. The Balaban J connectivity index is 1.96. The Morgan fingerprint density at radius 2 is 1.90 bits per heavy atom. The topological polar surface area (TPSA) is 124 Å². The van der Waals surface area contributed by atoms with Crippen LogP contribution >= 0.6 is 0 Å². The molecule has 29 heavy (non-hydrogen) atoms. The number of rotatable bonds is 6. The van der Waals surface area contributed by atoms with Gasteiger partial charge in [-0.05, 0) is 51.8 Å². The van der Waals surface area contributed by atoms with Crippen molar-refractivity contribution in [3.05, 3.63) is 29.5 Å². The van der Waals surface area contributed by atoms with Crippen molar-refractivity contribution in [1.82, 2.24) is 14.5 Å². The maximum atomic E-state index is 12.4. The highest BCUT2D eigenvalue weighted by atomic mass is 32.2. The lowest BCUT2D eigenvalue weighted by Gasteiger charge is -2.19. The molecule has 1 heterocycles. The molecule has 0 bridgehead atoms. The van der Waals surface area contributed by atoms with Gasteiger partial charge in [0.05, 0.1) is 10.8 Å². The normalized spacial score (nSPS) is 14.6. The molecule has 9 nitrogen and oxygen atoms in total. The predicted molar refractivity (Wildman–Crippen MR) is 105 cm³/mol. The smallest absolute Gasteiger partial charge is 0.328 e. The number of nitrogens with one attached hydrogen (secondary N) is 1. The van der Waals surface area contributed by atoms with Gasteiger partial charge in [0.1, 0.15) is 17.8 Å². The zero-order valence-electron chi connectivity index (χ0n) is 16.7. The first-order valence-corrected chi connectivity index (χ1v) is 10.7. The Bertz CT molecular complexity index is 1110. The zero-order valence-corrected chi connectivity index (χ0v) is 17.5. The van der Waals surface area contributed by atoms with Crippen molar-refractivity contribution in [1.29, 1.82) is 0 Å². The van der Waals surface area contributed by atoms with Crippen LogP contribution in [-0.4, -0.2) is 46.7 Å². The van der Waals surface area contributed by atoms with E-state index < -0.39 is 32.8 Å². The van der Waals surface area contributed by atoms with Crippen LogP contribution in [0.3, 0.4) is 0 Å². The number of amides is 1. The molecular weight excluding hydrogens is 398 g/mol. The number of hydrogen-bond acceptors (Lipinski definition) is 7. The number of fused-ring (bicyclic) bond motifs is 1. The molecule has 2 aromatic rings. The van der Waals surface area contributed by atoms with E-state index in [1.807, 2.05) is 0 Å². The molecule has 0 radical (unpaired) electrons. The third-order valence-electron chi connectivity index (χ3n) is 4.24. The minimum absolute atomic E-state index is 0.0853. The Morgan fingerprint density at radius 3 is 2.45 bits per heavy atom. The molecule has 1 N–H and O–H groups in total. The summed E-state index contributed by atoms with van der Waals surface area (Å²) in [5.74, 6) is -1.62. The quantitative estimate of drug-likeness (QED) is 0.557. The van der Waals surface area contributed by atoms with E-state index >= 15 is 0 Å². The standard InChI is InChI=1S/C19H23N3O6S/c1-11(23)17-14-8-5-12(18(25)21-29(26,27)13-6-7-13)9-15(14)22(20-17)10-16(24)28-19(2,3)4/h5,8-9,13H,6-7,10H2,1-4H3,(H,21,25). The Hall–Kier alpha value is -2.75. The highest BCUT2D eigenvalue weighted by molar-refractivity contribution is 7.91. The molecule has 1 aromatic heterocycles. The van der Waals surface area contributed by atoms with E-state index in [0.29, 0.717) is 23.7 Å². The fraction of sp³-hybridized carbons (Fsp3) is 0.474. The van der Waals surface area contributed by atoms with Crippen molar-refractivity contribution < 1.29 is 27.5 Å². The monoisotopic (exact) mass is 421 g/mol. The van der Waals surface area contributed by atoms with E-state index in [1.54, 1.807) is 20.8 Å².